The number of para-hydroxylation sites is 1. The van der Waals surface area contributed by atoms with Gasteiger partial charge >= 0.3 is 0 Å². The largest absolute Gasteiger partial charge is 0.361 e. The van der Waals surface area contributed by atoms with E-state index in [0.29, 0.717) is 19.4 Å². The Morgan fingerprint density at radius 2 is 1.93 bits per heavy atom. The van der Waals surface area contributed by atoms with E-state index >= 15 is 0 Å². The maximum absolute atomic E-state index is 13.0. The Hall–Kier alpha value is -3.08. The zero-order chi connectivity index (χ0) is 19.5. The maximum atomic E-state index is 13.0. The molecule has 2 unspecified atom stereocenters. The van der Waals surface area contributed by atoms with Crippen LogP contribution >= 0.6 is 0 Å². The lowest BCUT2D eigenvalue weighted by atomic mass is 10.0. The predicted octanol–water partition coefficient (Wildman–Crippen LogP) is 3.93. The van der Waals surface area contributed by atoms with Crippen molar-refractivity contribution >= 4 is 22.7 Å². The molecular formula is C23H25N3O2. The molecule has 144 valence electrons. The van der Waals surface area contributed by atoms with Gasteiger partial charge in [-0.1, -0.05) is 55.5 Å². The van der Waals surface area contributed by atoms with E-state index in [2.05, 4.69) is 17.2 Å². The molecule has 3 aromatic rings. The van der Waals surface area contributed by atoms with Crippen LogP contribution in [-0.4, -0.2) is 27.7 Å². The first kappa shape index (κ1) is 18.3. The van der Waals surface area contributed by atoms with Crippen molar-refractivity contribution in [2.45, 2.75) is 44.8 Å². The molecule has 0 radical (unpaired) electrons. The molecule has 4 rings (SSSR count). The van der Waals surface area contributed by atoms with E-state index in [9.17, 15) is 9.59 Å². The van der Waals surface area contributed by atoms with Gasteiger partial charge in [0.1, 0.15) is 6.04 Å². The zero-order valence-electron chi connectivity index (χ0n) is 16.0. The number of nitrogens with zero attached hydrogens (tertiary/aromatic N) is 1. The van der Waals surface area contributed by atoms with Crippen molar-refractivity contribution in [3.63, 3.8) is 0 Å². The van der Waals surface area contributed by atoms with E-state index in [0.717, 1.165) is 28.5 Å². The third-order valence-electron chi connectivity index (χ3n) is 5.57. The molecule has 2 atom stereocenters. The second-order valence-electron chi connectivity index (χ2n) is 7.32. The maximum Gasteiger partial charge on any atom is 0.243 e. The summed E-state index contributed by atoms with van der Waals surface area (Å²) in [6, 6.07) is 17.5. The van der Waals surface area contributed by atoms with Gasteiger partial charge in [-0.15, -0.1) is 0 Å². The number of hydrogen-bond donors (Lipinski definition) is 2. The highest BCUT2D eigenvalue weighted by atomic mass is 16.2. The number of carbonyl (C=O) groups is 2. The molecular weight excluding hydrogens is 350 g/mol. The standard InChI is InChI=1S/C23H25N3O2/c1-2-19(16-8-4-3-5-9-16)25-23(28)21-12-13-22(27)26(21)15-17-14-24-20-11-7-6-10-18(17)20/h3-11,14,19,21,24H,2,12-13,15H2,1H3,(H,25,28). The number of amides is 2. The first-order chi connectivity index (χ1) is 13.7. The molecule has 1 saturated heterocycles. The van der Waals surface area contributed by atoms with Gasteiger partial charge in [0.25, 0.3) is 0 Å². The average Bonchev–Trinajstić information content (AvgIpc) is 3.31. The summed E-state index contributed by atoms with van der Waals surface area (Å²) in [4.78, 5) is 30.5. The Morgan fingerprint density at radius 3 is 2.71 bits per heavy atom. The lowest BCUT2D eigenvalue weighted by Gasteiger charge is -2.26. The van der Waals surface area contributed by atoms with E-state index in [1.807, 2.05) is 60.8 Å². The zero-order valence-corrected chi connectivity index (χ0v) is 16.0. The fourth-order valence-electron chi connectivity index (χ4n) is 4.02. The van der Waals surface area contributed by atoms with Crippen LogP contribution < -0.4 is 5.32 Å². The van der Waals surface area contributed by atoms with Crippen LogP contribution in [0, 0.1) is 0 Å². The fraction of sp³-hybridized carbons (Fsp3) is 0.304. The molecule has 2 N–H and O–H groups in total. The minimum atomic E-state index is -0.418. The highest BCUT2D eigenvalue weighted by Crippen LogP contribution is 2.26. The van der Waals surface area contributed by atoms with Gasteiger partial charge in [0.15, 0.2) is 0 Å². The summed E-state index contributed by atoms with van der Waals surface area (Å²) in [7, 11) is 0. The molecule has 2 heterocycles. The number of aromatic amines is 1. The highest BCUT2D eigenvalue weighted by molar-refractivity contribution is 5.91. The summed E-state index contributed by atoms with van der Waals surface area (Å²) in [6.07, 6.45) is 3.73. The minimum absolute atomic E-state index is 0.0400. The van der Waals surface area contributed by atoms with Gasteiger partial charge in [-0.25, -0.2) is 0 Å². The molecule has 1 aromatic heterocycles. The average molecular weight is 375 g/mol. The fourth-order valence-corrected chi connectivity index (χ4v) is 4.02. The van der Waals surface area contributed by atoms with Crippen LogP contribution in [0.15, 0.2) is 60.8 Å². The number of aromatic nitrogens is 1. The van der Waals surface area contributed by atoms with E-state index in [1.165, 1.54) is 0 Å². The van der Waals surface area contributed by atoms with Crippen molar-refractivity contribution in [1.82, 2.24) is 15.2 Å². The number of H-pyrrole nitrogens is 1. The van der Waals surface area contributed by atoms with E-state index < -0.39 is 6.04 Å². The number of hydrogen-bond acceptors (Lipinski definition) is 2. The van der Waals surface area contributed by atoms with Gasteiger partial charge in [0, 0.05) is 30.1 Å². The molecule has 1 aliphatic heterocycles. The molecule has 0 bridgehead atoms. The van der Waals surface area contributed by atoms with Crippen LogP contribution in [0.3, 0.4) is 0 Å². The first-order valence-corrected chi connectivity index (χ1v) is 9.87. The normalized spacial score (nSPS) is 17.8. The molecule has 2 aromatic carbocycles. The summed E-state index contributed by atoms with van der Waals surface area (Å²) >= 11 is 0. The lowest BCUT2D eigenvalue weighted by Crippen LogP contribution is -2.45. The van der Waals surface area contributed by atoms with Crippen molar-refractivity contribution in [2.24, 2.45) is 0 Å². The molecule has 0 spiro atoms. The topological polar surface area (TPSA) is 65.2 Å². The van der Waals surface area contributed by atoms with E-state index in [4.69, 9.17) is 0 Å². The monoisotopic (exact) mass is 375 g/mol. The number of likely N-dealkylation sites (tertiary alicyclic amines) is 1. The van der Waals surface area contributed by atoms with Crippen LogP contribution in [0.5, 0.6) is 0 Å². The van der Waals surface area contributed by atoms with Crippen LogP contribution in [0.25, 0.3) is 10.9 Å². The second-order valence-corrected chi connectivity index (χ2v) is 7.32. The quantitative estimate of drug-likeness (QED) is 0.686. The molecule has 28 heavy (non-hydrogen) atoms. The first-order valence-electron chi connectivity index (χ1n) is 9.87. The number of nitrogens with one attached hydrogen (secondary N) is 2. The predicted molar refractivity (Wildman–Crippen MR) is 109 cm³/mol. The van der Waals surface area contributed by atoms with Crippen LogP contribution in [-0.2, 0) is 16.1 Å². The third kappa shape index (κ3) is 3.52. The minimum Gasteiger partial charge on any atom is -0.361 e. The SMILES string of the molecule is CCC(NC(=O)C1CCC(=O)N1Cc1c[nH]c2ccccc12)c1ccccc1. The van der Waals surface area contributed by atoms with Gasteiger partial charge in [0.05, 0.1) is 6.04 Å². The third-order valence-corrected chi connectivity index (χ3v) is 5.57. The van der Waals surface area contributed by atoms with Crippen LogP contribution in [0.4, 0.5) is 0 Å². The Morgan fingerprint density at radius 1 is 1.18 bits per heavy atom. The molecule has 1 fully saturated rings. The summed E-state index contributed by atoms with van der Waals surface area (Å²) in [5.74, 6) is -0.0282. The summed E-state index contributed by atoms with van der Waals surface area (Å²) in [5, 5.41) is 4.25. The molecule has 1 aliphatic rings. The number of rotatable bonds is 6. The van der Waals surface area contributed by atoms with Gasteiger partial charge in [-0.3, -0.25) is 9.59 Å². The van der Waals surface area contributed by atoms with Gasteiger partial charge in [-0.2, -0.15) is 0 Å². The van der Waals surface area contributed by atoms with Gasteiger partial charge < -0.3 is 15.2 Å². The Balaban J connectivity index is 1.51. The Labute approximate surface area is 164 Å². The molecule has 2 amide bonds. The van der Waals surface area contributed by atoms with Crippen molar-refractivity contribution in [3.8, 4) is 0 Å². The van der Waals surface area contributed by atoms with Crippen molar-refractivity contribution in [2.75, 3.05) is 0 Å². The molecule has 0 saturated carbocycles. The van der Waals surface area contributed by atoms with Crippen molar-refractivity contribution < 1.29 is 9.59 Å². The Bertz CT molecular complexity index is 980. The van der Waals surface area contributed by atoms with Gasteiger partial charge in [0.2, 0.25) is 11.8 Å². The van der Waals surface area contributed by atoms with Crippen molar-refractivity contribution in [1.29, 1.82) is 0 Å². The number of fused-ring (bicyclic) bond motifs is 1. The molecule has 5 heteroatoms. The summed E-state index contributed by atoms with van der Waals surface area (Å²) in [5.41, 5.74) is 3.17. The highest BCUT2D eigenvalue weighted by Gasteiger charge is 2.36. The smallest absolute Gasteiger partial charge is 0.243 e. The lowest BCUT2D eigenvalue weighted by molar-refractivity contribution is -0.136. The molecule has 0 aliphatic carbocycles. The van der Waals surface area contributed by atoms with E-state index in [1.54, 1.807) is 4.90 Å². The second kappa shape index (κ2) is 7.89. The van der Waals surface area contributed by atoms with E-state index in [-0.39, 0.29) is 17.9 Å². The van der Waals surface area contributed by atoms with Crippen LogP contribution in [0.1, 0.15) is 43.4 Å². The van der Waals surface area contributed by atoms with Gasteiger partial charge in [-0.05, 0) is 30.0 Å². The Kier molecular flexibility index (Phi) is 5.15. The number of benzene rings is 2. The molecule has 5 nitrogen and oxygen atoms in total. The van der Waals surface area contributed by atoms with Crippen LogP contribution in [0.2, 0.25) is 0 Å². The summed E-state index contributed by atoms with van der Waals surface area (Å²) < 4.78 is 0. The van der Waals surface area contributed by atoms with Crippen molar-refractivity contribution in [3.05, 3.63) is 71.9 Å². The number of carbonyl (C=O) groups excluding carboxylic acids is 2. The summed E-state index contributed by atoms with van der Waals surface area (Å²) in [6.45, 7) is 2.50.